The first-order chi connectivity index (χ1) is 25.4. The Balaban J connectivity index is 0.0000140. The highest BCUT2D eigenvalue weighted by Gasteiger charge is 2.53. The van der Waals surface area contributed by atoms with Crippen molar-refractivity contribution < 1.29 is 14.0 Å². The van der Waals surface area contributed by atoms with Crippen LogP contribution in [0, 0.1) is 0 Å². The summed E-state index contributed by atoms with van der Waals surface area (Å²) in [5.74, 6) is -0.297. The van der Waals surface area contributed by atoms with E-state index < -0.39 is 0 Å². The van der Waals surface area contributed by atoms with Crippen LogP contribution in [0.5, 0.6) is 0 Å². The molecule has 0 radical (unpaired) electrons. The van der Waals surface area contributed by atoms with E-state index in [4.69, 9.17) is 9.47 Å². The smallest absolute Gasteiger partial charge is 0.169 e. The fourth-order valence-corrected chi connectivity index (χ4v) is 8.79. The minimum atomic E-state index is -0.297. The molecule has 3 nitrogen and oxygen atoms in total. The second kappa shape index (κ2) is 33.8. The lowest BCUT2D eigenvalue weighted by molar-refractivity contribution is -0.895. The molecule has 1 saturated heterocycles. The molecule has 1 heterocycles. The van der Waals surface area contributed by atoms with E-state index in [2.05, 4.69) is 59.3 Å². The predicted molar refractivity (Wildman–Crippen MR) is 237 cm³/mol. The molecule has 2 rings (SSSR count). The van der Waals surface area contributed by atoms with Crippen molar-refractivity contribution in [2.45, 2.75) is 269 Å². The summed E-state index contributed by atoms with van der Waals surface area (Å²) in [5, 5.41) is 0. The molecule has 0 aromatic heterocycles. The predicted octanol–water partition coefficient (Wildman–Crippen LogP) is 16.2. The molecule has 0 bridgehead atoms. The van der Waals surface area contributed by atoms with E-state index in [1.165, 1.54) is 212 Å². The van der Waals surface area contributed by atoms with Gasteiger partial charge in [-0.1, -0.05) is 199 Å². The Labute approximate surface area is 339 Å². The summed E-state index contributed by atoms with van der Waals surface area (Å²) in [5.41, 5.74) is 0. The zero-order valence-corrected chi connectivity index (χ0v) is 37.5. The van der Waals surface area contributed by atoms with Crippen LogP contribution >= 0.6 is 12.4 Å². The summed E-state index contributed by atoms with van der Waals surface area (Å²) in [7, 11) is 7.01. The molecular weight excluding hydrogens is 670 g/mol. The third kappa shape index (κ3) is 26.2. The van der Waals surface area contributed by atoms with Gasteiger partial charge in [-0.25, -0.2) is 0 Å². The van der Waals surface area contributed by atoms with Gasteiger partial charge >= 0.3 is 0 Å². The molecule has 0 N–H and O–H groups in total. The van der Waals surface area contributed by atoms with E-state index in [0.717, 1.165) is 23.7 Å². The molecule has 4 atom stereocenters. The highest BCUT2D eigenvalue weighted by atomic mass is 35.5. The highest BCUT2D eigenvalue weighted by Crippen LogP contribution is 2.45. The Morgan fingerprint density at radius 2 is 0.736 bits per heavy atom. The largest absolute Gasteiger partial charge is 0.344 e. The minimum absolute atomic E-state index is 0. The third-order valence-corrected chi connectivity index (χ3v) is 12.4. The van der Waals surface area contributed by atoms with Crippen LogP contribution in [0.15, 0.2) is 24.3 Å². The fraction of sp³-hybridized carbons (Fsp3) is 0.918. The van der Waals surface area contributed by atoms with Crippen LogP contribution in [-0.4, -0.2) is 49.7 Å². The number of hydrogen-bond donors (Lipinski definition) is 0. The van der Waals surface area contributed by atoms with Gasteiger partial charge in [0.1, 0.15) is 0 Å². The second-order valence-electron chi connectivity index (χ2n) is 18.3. The number of nitrogens with zero attached hydrogens (tertiary/aromatic N) is 1. The van der Waals surface area contributed by atoms with Gasteiger partial charge in [0.15, 0.2) is 5.79 Å². The number of rotatable bonds is 37. The monoisotopic (exact) mass is 765 g/mol. The normalized spacial score (nSPS) is 21.6. The first-order valence-electron chi connectivity index (χ1n) is 23.9. The standard InChI is InChI=1S/C49H94NO2.ClH/c1-6-8-10-12-14-16-18-20-22-24-26-28-30-32-34-36-38-40-42-49(51-47-44-46(50(3,4)5)45-48(47)52-49)43-41-39-37-35-33-31-29-27-25-23-21-19-17-15-13-11-9-7-2;/h18,20,24,26,46-48H,6-17,19,21-23,25,27-45H2,1-5H3;1H/q+1;/b20-18-,26-24-;/t46?,47-,48?,49?;/m0./s1. The van der Waals surface area contributed by atoms with Gasteiger partial charge in [-0.3, -0.25) is 0 Å². The van der Waals surface area contributed by atoms with Crippen molar-refractivity contribution in [3.63, 3.8) is 0 Å². The number of allylic oxidation sites excluding steroid dienone is 4. The van der Waals surface area contributed by atoms with E-state index in [1.807, 2.05) is 0 Å². The zero-order valence-electron chi connectivity index (χ0n) is 36.7. The van der Waals surface area contributed by atoms with Crippen molar-refractivity contribution in [3.05, 3.63) is 24.3 Å². The maximum atomic E-state index is 6.92. The number of quaternary nitrogens is 1. The molecule has 0 aromatic rings. The molecule has 1 saturated carbocycles. The van der Waals surface area contributed by atoms with Crippen LogP contribution in [-0.2, 0) is 9.47 Å². The molecular formula is C49H95ClNO2+. The first kappa shape index (κ1) is 50.7. The van der Waals surface area contributed by atoms with Gasteiger partial charge in [0.05, 0.1) is 39.4 Å². The molecule has 1 aliphatic heterocycles. The minimum Gasteiger partial charge on any atom is -0.344 e. The average Bonchev–Trinajstić information content (AvgIpc) is 3.68. The lowest BCUT2D eigenvalue weighted by Crippen LogP contribution is -2.45. The Morgan fingerprint density at radius 3 is 1.06 bits per heavy atom. The van der Waals surface area contributed by atoms with Gasteiger partial charge in [0.2, 0.25) is 0 Å². The maximum absolute atomic E-state index is 6.92. The van der Waals surface area contributed by atoms with E-state index >= 15 is 0 Å². The van der Waals surface area contributed by atoms with Crippen molar-refractivity contribution in [1.82, 2.24) is 0 Å². The molecule has 1 aliphatic carbocycles. The molecule has 3 unspecified atom stereocenters. The summed E-state index contributed by atoms with van der Waals surface area (Å²) >= 11 is 0. The Hall–Kier alpha value is -0.350. The van der Waals surface area contributed by atoms with Crippen molar-refractivity contribution in [1.29, 1.82) is 0 Å². The third-order valence-electron chi connectivity index (χ3n) is 12.4. The van der Waals surface area contributed by atoms with Crippen LogP contribution in [0.4, 0.5) is 0 Å². The fourth-order valence-electron chi connectivity index (χ4n) is 8.79. The molecule has 53 heavy (non-hydrogen) atoms. The van der Waals surface area contributed by atoms with Crippen molar-refractivity contribution >= 4 is 12.4 Å². The maximum Gasteiger partial charge on any atom is 0.169 e. The van der Waals surface area contributed by atoms with Gasteiger partial charge < -0.3 is 14.0 Å². The Morgan fingerprint density at radius 1 is 0.434 bits per heavy atom. The Bertz CT molecular complexity index is 836. The van der Waals surface area contributed by atoms with E-state index in [1.54, 1.807) is 0 Å². The van der Waals surface area contributed by atoms with Gasteiger partial charge in [0, 0.05) is 25.7 Å². The molecule has 2 fully saturated rings. The number of fused-ring (bicyclic) bond motifs is 1. The summed E-state index contributed by atoms with van der Waals surface area (Å²) in [6, 6.07) is 0.662. The number of unbranched alkanes of at least 4 members (excludes halogenated alkanes) is 28. The van der Waals surface area contributed by atoms with Crippen LogP contribution in [0.3, 0.4) is 0 Å². The highest BCUT2D eigenvalue weighted by molar-refractivity contribution is 5.85. The summed E-state index contributed by atoms with van der Waals surface area (Å²) in [4.78, 5) is 0. The number of halogens is 1. The second-order valence-corrected chi connectivity index (χ2v) is 18.3. The topological polar surface area (TPSA) is 18.5 Å². The molecule has 0 spiro atoms. The van der Waals surface area contributed by atoms with Crippen molar-refractivity contribution in [2.24, 2.45) is 0 Å². The van der Waals surface area contributed by atoms with Crippen LogP contribution in [0.1, 0.15) is 245 Å². The van der Waals surface area contributed by atoms with Crippen molar-refractivity contribution in [3.8, 4) is 0 Å². The van der Waals surface area contributed by atoms with E-state index in [0.29, 0.717) is 18.2 Å². The number of ether oxygens (including phenoxy) is 2. The van der Waals surface area contributed by atoms with Crippen molar-refractivity contribution in [2.75, 3.05) is 21.1 Å². The van der Waals surface area contributed by atoms with Gasteiger partial charge in [-0.2, -0.15) is 0 Å². The van der Waals surface area contributed by atoms with Crippen LogP contribution in [0.25, 0.3) is 0 Å². The van der Waals surface area contributed by atoms with E-state index in [9.17, 15) is 0 Å². The van der Waals surface area contributed by atoms with Crippen LogP contribution < -0.4 is 0 Å². The average molecular weight is 766 g/mol. The first-order valence-corrected chi connectivity index (χ1v) is 23.9. The van der Waals surface area contributed by atoms with Gasteiger partial charge in [0.25, 0.3) is 0 Å². The zero-order chi connectivity index (χ0) is 37.4. The molecule has 0 aromatic carbocycles. The Kier molecular flexibility index (Phi) is 32.3. The van der Waals surface area contributed by atoms with E-state index in [-0.39, 0.29) is 18.2 Å². The van der Waals surface area contributed by atoms with Crippen LogP contribution in [0.2, 0.25) is 0 Å². The lowest BCUT2D eigenvalue weighted by atomic mass is 9.98. The number of hydrogen-bond acceptors (Lipinski definition) is 2. The molecule has 0 amide bonds. The summed E-state index contributed by atoms with van der Waals surface area (Å²) < 4.78 is 14.9. The molecule has 2 aliphatic rings. The SMILES string of the molecule is CCCCCCC/C=C\C/C=C\CCCCCCCCC1(CCCCCCCCCCCCCCCCCCCC)OC2CC([N+](C)(C)C)C[C@@H]2O1.Cl. The van der Waals surface area contributed by atoms with Gasteiger partial charge in [-0.15, -0.1) is 12.4 Å². The lowest BCUT2D eigenvalue weighted by Gasteiger charge is -2.34. The summed E-state index contributed by atoms with van der Waals surface area (Å²) in [6.07, 6.45) is 58.9. The van der Waals surface area contributed by atoms with Gasteiger partial charge in [-0.05, 0) is 44.9 Å². The summed E-state index contributed by atoms with van der Waals surface area (Å²) in [6.45, 7) is 4.60. The molecule has 314 valence electrons. The molecule has 4 heteroatoms. The quantitative estimate of drug-likeness (QED) is 0.0356.